The summed E-state index contributed by atoms with van der Waals surface area (Å²) >= 11 is 5.88. The van der Waals surface area contributed by atoms with Gasteiger partial charge in [-0.05, 0) is 12.1 Å². The topological polar surface area (TPSA) is 61.3 Å². The summed E-state index contributed by atoms with van der Waals surface area (Å²) in [6, 6.07) is 4.80. The molecular formula is C13H11ClN2O3. The Morgan fingerprint density at radius 3 is 2.68 bits per heavy atom. The van der Waals surface area contributed by atoms with Crippen molar-refractivity contribution < 1.29 is 14.3 Å². The van der Waals surface area contributed by atoms with E-state index in [1.165, 1.54) is 13.2 Å². The molecule has 19 heavy (non-hydrogen) atoms. The normalized spacial score (nSPS) is 10.0. The third kappa shape index (κ3) is 3.20. The van der Waals surface area contributed by atoms with E-state index in [0.29, 0.717) is 34.2 Å². The van der Waals surface area contributed by atoms with Gasteiger partial charge in [0.25, 0.3) is 0 Å². The van der Waals surface area contributed by atoms with Gasteiger partial charge in [-0.15, -0.1) is 0 Å². The molecule has 98 valence electrons. The number of hydrogen-bond acceptors (Lipinski definition) is 5. The molecule has 0 N–H and O–H groups in total. The summed E-state index contributed by atoms with van der Waals surface area (Å²) in [5.41, 5.74) is 0.320. The van der Waals surface area contributed by atoms with E-state index in [1.54, 1.807) is 24.5 Å². The molecule has 0 amide bonds. The summed E-state index contributed by atoms with van der Waals surface area (Å²) in [5, 5.41) is 0.405. The van der Waals surface area contributed by atoms with E-state index in [9.17, 15) is 4.79 Å². The molecule has 0 atom stereocenters. The number of rotatable bonds is 5. The highest BCUT2D eigenvalue weighted by Gasteiger charge is 2.13. The monoisotopic (exact) mass is 278 g/mol. The predicted octanol–water partition coefficient (Wildman–Crippen LogP) is 2.53. The second kappa shape index (κ2) is 6.15. The van der Waals surface area contributed by atoms with Gasteiger partial charge in [0.05, 0.1) is 12.7 Å². The smallest absolute Gasteiger partial charge is 0.172 e. The summed E-state index contributed by atoms with van der Waals surface area (Å²) in [6.07, 6.45) is 3.90. The Morgan fingerprint density at radius 2 is 2.05 bits per heavy atom. The molecule has 0 unspecified atom stereocenters. The first kappa shape index (κ1) is 13.3. The van der Waals surface area contributed by atoms with Gasteiger partial charge in [0.1, 0.15) is 6.61 Å². The lowest BCUT2D eigenvalue weighted by atomic mass is 10.2. The van der Waals surface area contributed by atoms with Gasteiger partial charge in [-0.2, -0.15) is 0 Å². The summed E-state index contributed by atoms with van der Waals surface area (Å²) in [5.74, 6) is 1.23. The van der Waals surface area contributed by atoms with E-state index in [4.69, 9.17) is 21.1 Å². The van der Waals surface area contributed by atoms with Crippen molar-refractivity contribution >= 4 is 17.9 Å². The average Bonchev–Trinajstić information content (AvgIpc) is 2.46. The average molecular weight is 279 g/mol. The Hall–Kier alpha value is -2.14. The van der Waals surface area contributed by atoms with Crippen LogP contribution in [0.25, 0.3) is 0 Å². The van der Waals surface area contributed by atoms with Crippen molar-refractivity contribution in [3.63, 3.8) is 0 Å². The van der Waals surface area contributed by atoms with Crippen LogP contribution in [0.3, 0.4) is 0 Å². The zero-order chi connectivity index (χ0) is 13.7. The molecule has 0 aliphatic heterocycles. The van der Waals surface area contributed by atoms with Crippen molar-refractivity contribution in [2.75, 3.05) is 7.11 Å². The summed E-state index contributed by atoms with van der Waals surface area (Å²) < 4.78 is 10.7. The minimum Gasteiger partial charge on any atom is -0.493 e. The van der Waals surface area contributed by atoms with Crippen LogP contribution in [-0.2, 0) is 6.61 Å². The maximum atomic E-state index is 11.0. The third-order valence-corrected chi connectivity index (χ3v) is 2.58. The van der Waals surface area contributed by atoms with Gasteiger partial charge < -0.3 is 9.47 Å². The molecule has 6 heteroatoms. The predicted molar refractivity (Wildman–Crippen MR) is 69.8 cm³/mol. The molecule has 0 radical (unpaired) electrons. The number of nitrogens with zero attached hydrogens (tertiary/aromatic N) is 2. The molecule has 0 aliphatic carbocycles. The number of aromatic nitrogens is 2. The largest absolute Gasteiger partial charge is 0.493 e. The molecule has 1 heterocycles. The summed E-state index contributed by atoms with van der Waals surface area (Å²) in [6.45, 7) is 0.139. The molecule has 2 rings (SSSR count). The minimum absolute atomic E-state index is 0.139. The lowest BCUT2D eigenvalue weighted by Gasteiger charge is -2.12. The van der Waals surface area contributed by atoms with Gasteiger partial charge in [-0.25, -0.2) is 9.97 Å². The Morgan fingerprint density at radius 1 is 1.32 bits per heavy atom. The van der Waals surface area contributed by atoms with Crippen LogP contribution in [0.1, 0.15) is 16.2 Å². The van der Waals surface area contributed by atoms with Crippen LogP contribution in [-0.4, -0.2) is 23.4 Å². The van der Waals surface area contributed by atoms with E-state index in [-0.39, 0.29) is 6.61 Å². The maximum Gasteiger partial charge on any atom is 0.172 e. The Labute approximate surface area is 115 Å². The van der Waals surface area contributed by atoms with Gasteiger partial charge in [-0.3, -0.25) is 4.79 Å². The molecule has 0 saturated heterocycles. The van der Waals surface area contributed by atoms with Crippen LogP contribution >= 0.6 is 11.6 Å². The van der Waals surface area contributed by atoms with Crippen molar-refractivity contribution in [2.45, 2.75) is 6.61 Å². The molecule has 1 aromatic heterocycles. The van der Waals surface area contributed by atoms with Gasteiger partial charge >= 0.3 is 0 Å². The highest BCUT2D eigenvalue weighted by atomic mass is 35.5. The molecule has 2 aromatic rings. The maximum absolute atomic E-state index is 11.0. The van der Waals surface area contributed by atoms with Crippen LogP contribution in [0.4, 0.5) is 0 Å². The van der Waals surface area contributed by atoms with Crippen LogP contribution in [0.2, 0.25) is 5.02 Å². The van der Waals surface area contributed by atoms with E-state index < -0.39 is 0 Å². The summed E-state index contributed by atoms with van der Waals surface area (Å²) in [4.78, 5) is 19.1. The van der Waals surface area contributed by atoms with Crippen LogP contribution in [0.5, 0.6) is 11.5 Å². The molecule has 0 saturated carbocycles. The lowest BCUT2D eigenvalue weighted by Crippen LogP contribution is -2.03. The highest BCUT2D eigenvalue weighted by Crippen LogP contribution is 2.34. The van der Waals surface area contributed by atoms with Crippen molar-refractivity contribution in [2.24, 2.45) is 0 Å². The fourth-order valence-electron chi connectivity index (χ4n) is 1.52. The number of ether oxygens (including phenoxy) is 2. The molecule has 1 aromatic carbocycles. The molecule has 0 fully saturated rings. The van der Waals surface area contributed by atoms with E-state index >= 15 is 0 Å². The number of halogens is 1. The molecule has 0 spiro atoms. The van der Waals surface area contributed by atoms with Crippen molar-refractivity contribution in [1.82, 2.24) is 9.97 Å². The number of benzene rings is 1. The zero-order valence-electron chi connectivity index (χ0n) is 10.2. The number of aldehydes is 1. The van der Waals surface area contributed by atoms with Crippen molar-refractivity contribution in [3.8, 4) is 11.5 Å². The van der Waals surface area contributed by atoms with E-state index in [1.807, 2.05) is 0 Å². The van der Waals surface area contributed by atoms with Gasteiger partial charge in [0.2, 0.25) is 0 Å². The number of hydrogen-bond donors (Lipinski definition) is 0. The zero-order valence-corrected chi connectivity index (χ0v) is 10.9. The van der Waals surface area contributed by atoms with Crippen molar-refractivity contribution in [1.29, 1.82) is 0 Å². The Bertz CT molecular complexity index is 576. The Balaban J connectivity index is 2.26. The minimum atomic E-state index is 0.139. The van der Waals surface area contributed by atoms with E-state index in [2.05, 4.69) is 9.97 Å². The molecule has 0 bridgehead atoms. The van der Waals surface area contributed by atoms with Gasteiger partial charge in [-0.1, -0.05) is 11.6 Å². The fourth-order valence-corrected chi connectivity index (χ4v) is 1.74. The van der Waals surface area contributed by atoms with E-state index in [0.717, 1.165) is 0 Å². The number of carbonyl (C=O) groups is 1. The summed E-state index contributed by atoms with van der Waals surface area (Å²) in [7, 11) is 1.48. The second-order valence-electron chi connectivity index (χ2n) is 3.60. The second-order valence-corrected chi connectivity index (χ2v) is 4.03. The number of methoxy groups -OCH3 is 1. The van der Waals surface area contributed by atoms with Gasteiger partial charge in [0.15, 0.2) is 23.6 Å². The third-order valence-electron chi connectivity index (χ3n) is 2.36. The number of carbonyl (C=O) groups excluding carboxylic acids is 1. The highest BCUT2D eigenvalue weighted by molar-refractivity contribution is 6.31. The van der Waals surface area contributed by atoms with Crippen LogP contribution in [0, 0.1) is 0 Å². The van der Waals surface area contributed by atoms with Crippen molar-refractivity contribution in [3.05, 3.63) is 47.0 Å². The molecular weight excluding hydrogens is 268 g/mol. The van der Waals surface area contributed by atoms with Crippen LogP contribution < -0.4 is 9.47 Å². The quantitative estimate of drug-likeness (QED) is 0.787. The lowest BCUT2D eigenvalue weighted by molar-refractivity contribution is 0.111. The van der Waals surface area contributed by atoms with Crippen LogP contribution in [0.15, 0.2) is 30.6 Å². The first-order chi connectivity index (χ1) is 9.24. The Kier molecular flexibility index (Phi) is 4.30. The first-order valence-electron chi connectivity index (χ1n) is 5.46. The van der Waals surface area contributed by atoms with Gasteiger partial charge in [0, 0.05) is 23.5 Å². The molecule has 0 aliphatic rings. The fraction of sp³-hybridized carbons (Fsp3) is 0.154. The SMILES string of the molecule is COc1cc(Cl)cc(C=O)c1OCc1ncccn1. The first-order valence-corrected chi connectivity index (χ1v) is 5.84. The molecule has 5 nitrogen and oxygen atoms in total. The standard InChI is InChI=1S/C13H11ClN2O3/c1-18-11-6-10(14)5-9(7-17)13(11)19-8-12-15-3-2-4-16-12/h2-7H,8H2,1H3.